The van der Waals surface area contributed by atoms with Gasteiger partial charge in [0.2, 0.25) is 0 Å². The summed E-state index contributed by atoms with van der Waals surface area (Å²) in [6.45, 7) is 8.40. The summed E-state index contributed by atoms with van der Waals surface area (Å²) in [6, 6.07) is 8.83. The molecular formula is C24H30N4O. The molecule has 1 aliphatic rings. The minimum atomic E-state index is -0.0589. The molecule has 1 amide bonds. The molecule has 5 heteroatoms. The van der Waals surface area contributed by atoms with Crippen LogP contribution >= 0.6 is 0 Å². The van der Waals surface area contributed by atoms with E-state index in [0.717, 1.165) is 29.8 Å². The SMILES string of the molecule is Cc1ccc(Cc2c(C)nc3c(C(=O)NC4CCCCC4C)cnn3c2C)cc1. The van der Waals surface area contributed by atoms with Crippen LogP contribution in [0.15, 0.2) is 30.5 Å². The van der Waals surface area contributed by atoms with E-state index in [1.165, 1.54) is 30.4 Å². The summed E-state index contributed by atoms with van der Waals surface area (Å²) >= 11 is 0. The van der Waals surface area contributed by atoms with E-state index in [4.69, 9.17) is 4.98 Å². The van der Waals surface area contributed by atoms with Gasteiger partial charge in [-0.15, -0.1) is 0 Å². The van der Waals surface area contributed by atoms with Gasteiger partial charge in [0.1, 0.15) is 5.56 Å². The number of aromatic nitrogens is 3. The zero-order valence-electron chi connectivity index (χ0n) is 17.8. The van der Waals surface area contributed by atoms with Crippen LogP contribution in [-0.2, 0) is 6.42 Å². The number of aryl methyl sites for hydroxylation is 3. The van der Waals surface area contributed by atoms with Crippen molar-refractivity contribution >= 4 is 11.6 Å². The highest BCUT2D eigenvalue weighted by Gasteiger charge is 2.25. The quantitative estimate of drug-likeness (QED) is 0.711. The van der Waals surface area contributed by atoms with Gasteiger partial charge >= 0.3 is 0 Å². The Hall–Kier alpha value is -2.69. The third kappa shape index (κ3) is 3.91. The number of amides is 1. The Kier molecular flexibility index (Phi) is 5.39. The molecule has 0 radical (unpaired) electrons. The Morgan fingerprint density at radius 2 is 1.86 bits per heavy atom. The maximum atomic E-state index is 13.0. The molecule has 1 aliphatic carbocycles. The van der Waals surface area contributed by atoms with Crippen molar-refractivity contribution in [2.75, 3.05) is 0 Å². The molecule has 0 spiro atoms. The van der Waals surface area contributed by atoms with E-state index in [0.29, 0.717) is 17.1 Å². The van der Waals surface area contributed by atoms with Crippen LogP contribution in [0.2, 0.25) is 0 Å². The number of carbonyl (C=O) groups is 1. The molecule has 29 heavy (non-hydrogen) atoms. The van der Waals surface area contributed by atoms with E-state index in [1.54, 1.807) is 6.20 Å². The monoisotopic (exact) mass is 390 g/mol. The molecule has 2 heterocycles. The molecule has 5 nitrogen and oxygen atoms in total. The van der Waals surface area contributed by atoms with Gasteiger partial charge in [0.05, 0.1) is 6.20 Å². The van der Waals surface area contributed by atoms with Crippen molar-refractivity contribution in [3.8, 4) is 0 Å². The van der Waals surface area contributed by atoms with Gasteiger partial charge in [-0.2, -0.15) is 5.10 Å². The van der Waals surface area contributed by atoms with E-state index < -0.39 is 0 Å². The van der Waals surface area contributed by atoms with Crippen molar-refractivity contribution in [1.82, 2.24) is 19.9 Å². The molecule has 0 aliphatic heterocycles. The highest BCUT2D eigenvalue weighted by atomic mass is 16.1. The Balaban J connectivity index is 1.63. The lowest BCUT2D eigenvalue weighted by Crippen LogP contribution is -2.41. The molecule has 2 unspecified atom stereocenters. The Morgan fingerprint density at radius 3 is 2.59 bits per heavy atom. The third-order valence-electron chi connectivity index (χ3n) is 6.38. The smallest absolute Gasteiger partial charge is 0.256 e. The first-order valence-corrected chi connectivity index (χ1v) is 10.6. The summed E-state index contributed by atoms with van der Waals surface area (Å²) in [5, 5.41) is 7.73. The minimum Gasteiger partial charge on any atom is -0.349 e. The van der Waals surface area contributed by atoms with Crippen LogP contribution in [0.1, 0.15) is 71.0 Å². The standard InChI is InChI=1S/C24H30N4O/c1-15-9-11-19(12-10-15)13-20-17(3)26-23-21(14-25-28(23)18(20)4)24(29)27-22-8-6-5-7-16(22)2/h9-12,14,16,22H,5-8,13H2,1-4H3,(H,27,29). The summed E-state index contributed by atoms with van der Waals surface area (Å²) in [7, 11) is 0. The van der Waals surface area contributed by atoms with Crippen molar-refractivity contribution in [2.24, 2.45) is 5.92 Å². The molecule has 2 atom stereocenters. The minimum absolute atomic E-state index is 0.0589. The molecule has 0 saturated heterocycles. The van der Waals surface area contributed by atoms with Gasteiger partial charge in [0.15, 0.2) is 5.65 Å². The van der Waals surface area contributed by atoms with Crippen molar-refractivity contribution in [2.45, 2.75) is 65.8 Å². The second kappa shape index (κ2) is 7.97. The molecule has 2 aromatic heterocycles. The van der Waals surface area contributed by atoms with Gasteiger partial charge in [-0.05, 0) is 50.7 Å². The Morgan fingerprint density at radius 1 is 1.14 bits per heavy atom. The van der Waals surface area contributed by atoms with Crippen LogP contribution in [0.25, 0.3) is 5.65 Å². The lowest BCUT2D eigenvalue weighted by atomic mass is 9.86. The van der Waals surface area contributed by atoms with Gasteiger partial charge in [0, 0.05) is 23.9 Å². The van der Waals surface area contributed by atoms with Crippen molar-refractivity contribution in [3.63, 3.8) is 0 Å². The first-order chi connectivity index (χ1) is 13.9. The summed E-state index contributed by atoms with van der Waals surface area (Å²) < 4.78 is 1.82. The maximum Gasteiger partial charge on any atom is 0.256 e. The van der Waals surface area contributed by atoms with Gasteiger partial charge in [-0.1, -0.05) is 49.6 Å². The van der Waals surface area contributed by atoms with Crippen LogP contribution < -0.4 is 5.32 Å². The van der Waals surface area contributed by atoms with Crippen LogP contribution in [0.4, 0.5) is 0 Å². The number of hydrogen-bond acceptors (Lipinski definition) is 3. The number of carbonyl (C=O) groups excluding carboxylic acids is 1. The topological polar surface area (TPSA) is 59.3 Å². The average molecular weight is 391 g/mol. The summed E-state index contributed by atoms with van der Waals surface area (Å²) in [6.07, 6.45) is 7.14. The van der Waals surface area contributed by atoms with E-state index in [2.05, 4.69) is 55.5 Å². The Bertz CT molecular complexity index is 1040. The second-order valence-electron chi connectivity index (χ2n) is 8.56. The zero-order chi connectivity index (χ0) is 20.5. The van der Waals surface area contributed by atoms with Crippen LogP contribution in [-0.4, -0.2) is 26.5 Å². The highest BCUT2D eigenvalue weighted by Crippen LogP contribution is 2.25. The molecular weight excluding hydrogens is 360 g/mol. The van der Waals surface area contributed by atoms with Gasteiger partial charge in [-0.25, -0.2) is 9.50 Å². The number of hydrogen-bond donors (Lipinski definition) is 1. The maximum absolute atomic E-state index is 13.0. The lowest BCUT2D eigenvalue weighted by Gasteiger charge is -2.29. The van der Waals surface area contributed by atoms with E-state index in [-0.39, 0.29) is 11.9 Å². The zero-order valence-corrected chi connectivity index (χ0v) is 17.8. The molecule has 4 rings (SSSR count). The predicted molar refractivity (Wildman–Crippen MR) is 115 cm³/mol. The number of nitrogens with one attached hydrogen (secondary N) is 1. The summed E-state index contributed by atoms with van der Waals surface area (Å²) in [4.78, 5) is 17.7. The molecule has 152 valence electrons. The fraction of sp³-hybridized carbons (Fsp3) is 0.458. The van der Waals surface area contributed by atoms with Crippen LogP contribution in [0.3, 0.4) is 0 Å². The first-order valence-electron chi connectivity index (χ1n) is 10.6. The number of rotatable bonds is 4. The third-order valence-corrected chi connectivity index (χ3v) is 6.38. The summed E-state index contributed by atoms with van der Waals surface area (Å²) in [5.41, 5.74) is 6.88. The summed E-state index contributed by atoms with van der Waals surface area (Å²) in [5.74, 6) is 0.461. The van der Waals surface area contributed by atoms with Gasteiger partial charge < -0.3 is 5.32 Å². The number of nitrogens with zero attached hydrogens (tertiary/aromatic N) is 3. The molecule has 1 N–H and O–H groups in total. The number of fused-ring (bicyclic) bond motifs is 1. The van der Waals surface area contributed by atoms with E-state index in [9.17, 15) is 4.79 Å². The van der Waals surface area contributed by atoms with Crippen LogP contribution in [0, 0.1) is 26.7 Å². The second-order valence-corrected chi connectivity index (χ2v) is 8.56. The Labute approximate surface area is 172 Å². The fourth-order valence-corrected chi connectivity index (χ4v) is 4.41. The fourth-order valence-electron chi connectivity index (χ4n) is 4.41. The number of benzene rings is 1. The van der Waals surface area contributed by atoms with E-state index in [1.807, 2.05) is 11.4 Å². The predicted octanol–water partition coefficient (Wildman–Crippen LogP) is 4.55. The van der Waals surface area contributed by atoms with Crippen LogP contribution in [0.5, 0.6) is 0 Å². The van der Waals surface area contributed by atoms with Crippen molar-refractivity contribution in [1.29, 1.82) is 0 Å². The van der Waals surface area contributed by atoms with E-state index >= 15 is 0 Å². The molecule has 0 bridgehead atoms. The largest absolute Gasteiger partial charge is 0.349 e. The van der Waals surface area contributed by atoms with Gasteiger partial charge in [0.25, 0.3) is 5.91 Å². The first kappa shape index (κ1) is 19.6. The lowest BCUT2D eigenvalue weighted by molar-refractivity contribution is 0.0911. The van der Waals surface area contributed by atoms with Gasteiger partial charge in [-0.3, -0.25) is 4.79 Å². The van der Waals surface area contributed by atoms with Crippen molar-refractivity contribution in [3.05, 3.63) is 64.1 Å². The molecule has 1 saturated carbocycles. The molecule has 1 aromatic carbocycles. The normalized spacial score (nSPS) is 19.4. The highest BCUT2D eigenvalue weighted by molar-refractivity contribution is 5.99. The van der Waals surface area contributed by atoms with Crippen molar-refractivity contribution < 1.29 is 4.79 Å². The molecule has 3 aromatic rings. The average Bonchev–Trinajstić information content (AvgIpc) is 3.12. The molecule has 1 fully saturated rings.